The summed E-state index contributed by atoms with van der Waals surface area (Å²) in [6.45, 7) is -0.738. The molecular weight excluding hydrogens is 512 g/mol. The Kier molecular flexibility index (Phi) is 12.1. The molecular formula is C20H30F3IN4O2. The fourth-order valence-corrected chi connectivity index (χ4v) is 3.13. The van der Waals surface area contributed by atoms with Crippen LogP contribution < -0.4 is 16.0 Å². The normalized spacial score (nSPS) is 15.3. The van der Waals surface area contributed by atoms with Crippen LogP contribution in [0.5, 0.6) is 0 Å². The van der Waals surface area contributed by atoms with Gasteiger partial charge in [-0.3, -0.25) is 9.79 Å². The predicted molar refractivity (Wildman–Crippen MR) is 121 cm³/mol. The van der Waals surface area contributed by atoms with Crippen LogP contribution in [0, 0.1) is 0 Å². The van der Waals surface area contributed by atoms with Crippen molar-refractivity contribution in [2.75, 3.05) is 20.2 Å². The summed E-state index contributed by atoms with van der Waals surface area (Å²) < 4.78 is 40.9. The van der Waals surface area contributed by atoms with Crippen LogP contribution >= 0.6 is 24.0 Å². The Hall–Kier alpha value is -1.56. The molecule has 0 aromatic heterocycles. The van der Waals surface area contributed by atoms with Crippen molar-refractivity contribution in [1.82, 2.24) is 16.0 Å². The number of nitrogens with one attached hydrogen (secondary N) is 3. The van der Waals surface area contributed by atoms with Crippen molar-refractivity contribution >= 4 is 35.8 Å². The summed E-state index contributed by atoms with van der Waals surface area (Å²) in [7, 11) is 1.62. The zero-order chi connectivity index (χ0) is 21.1. The molecule has 0 atom stereocenters. The number of aliphatic imine (C=N–C) groups is 1. The number of amides is 1. The van der Waals surface area contributed by atoms with E-state index in [0.717, 1.165) is 31.2 Å². The highest BCUT2D eigenvalue weighted by atomic mass is 127. The third-order valence-electron chi connectivity index (χ3n) is 4.63. The Morgan fingerprint density at radius 3 is 2.33 bits per heavy atom. The minimum absolute atomic E-state index is 0. The predicted octanol–water partition coefficient (Wildman–Crippen LogP) is 3.50. The van der Waals surface area contributed by atoms with E-state index in [1.807, 2.05) is 12.1 Å². The number of carbonyl (C=O) groups is 1. The van der Waals surface area contributed by atoms with E-state index in [9.17, 15) is 18.0 Å². The number of rotatable bonds is 8. The zero-order valence-corrected chi connectivity index (χ0v) is 19.4. The van der Waals surface area contributed by atoms with Gasteiger partial charge in [-0.2, -0.15) is 13.2 Å². The Morgan fingerprint density at radius 2 is 1.73 bits per heavy atom. The summed E-state index contributed by atoms with van der Waals surface area (Å²) in [5, 5.41) is 9.13. The van der Waals surface area contributed by atoms with Crippen LogP contribution in [0.15, 0.2) is 29.3 Å². The average Bonchev–Trinajstić information content (AvgIpc) is 2.69. The molecule has 1 aromatic carbocycles. The minimum atomic E-state index is -4.32. The number of nitrogens with zero attached hydrogens (tertiary/aromatic N) is 1. The summed E-state index contributed by atoms with van der Waals surface area (Å²) in [6.07, 6.45) is 1.32. The second kappa shape index (κ2) is 13.7. The molecule has 30 heavy (non-hydrogen) atoms. The van der Waals surface area contributed by atoms with E-state index in [-0.39, 0.29) is 49.1 Å². The lowest BCUT2D eigenvalue weighted by molar-refractivity contribution is -0.176. The van der Waals surface area contributed by atoms with E-state index in [0.29, 0.717) is 18.1 Å². The van der Waals surface area contributed by atoms with E-state index in [2.05, 4.69) is 25.7 Å². The Balaban J connectivity index is 0.00000450. The number of benzene rings is 1. The number of halogens is 4. The molecule has 0 aliphatic heterocycles. The van der Waals surface area contributed by atoms with Crippen molar-refractivity contribution in [3.63, 3.8) is 0 Å². The van der Waals surface area contributed by atoms with Gasteiger partial charge in [0.25, 0.3) is 0 Å². The van der Waals surface area contributed by atoms with Crippen LogP contribution in [0.3, 0.4) is 0 Å². The number of alkyl halides is 3. The molecule has 10 heteroatoms. The van der Waals surface area contributed by atoms with Crippen molar-refractivity contribution in [1.29, 1.82) is 0 Å². The number of guanidine groups is 1. The van der Waals surface area contributed by atoms with E-state index in [1.165, 1.54) is 6.42 Å². The first-order valence-electron chi connectivity index (χ1n) is 9.82. The third kappa shape index (κ3) is 11.0. The van der Waals surface area contributed by atoms with Gasteiger partial charge in [-0.1, -0.05) is 43.5 Å². The van der Waals surface area contributed by atoms with Crippen LogP contribution in [0.2, 0.25) is 0 Å². The van der Waals surface area contributed by atoms with Gasteiger partial charge in [-0.05, 0) is 24.0 Å². The van der Waals surface area contributed by atoms with Gasteiger partial charge in [0, 0.05) is 19.6 Å². The number of hydrogen-bond acceptors (Lipinski definition) is 3. The molecule has 170 valence electrons. The molecule has 2 rings (SSSR count). The van der Waals surface area contributed by atoms with E-state index >= 15 is 0 Å². The molecule has 1 aromatic rings. The quantitative estimate of drug-likeness (QED) is 0.267. The first-order valence-corrected chi connectivity index (χ1v) is 9.82. The molecule has 0 spiro atoms. The van der Waals surface area contributed by atoms with Crippen molar-refractivity contribution in [2.24, 2.45) is 4.99 Å². The van der Waals surface area contributed by atoms with E-state index in [1.54, 1.807) is 19.2 Å². The fourth-order valence-electron chi connectivity index (χ4n) is 3.13. The molecule has 3 N–H and O–H groups in total. The molecule has 1 saturated carbocycles. The van der Waals surface area contributed by atoms with Crippen LogP contribution in [-0.4, -0.2) is 44.3 Å². The van der Waals surface area contributed by atoms with Crippen molar-refractivity contribution in [2.45, 2.75) is 57.5 Å². The molecule has 1 aliphatic carbocycles. The third-order valence-corrected chi connectivity index (χ3v) is 4.63. The van der Waals surface area contributed by atoms with E-state index in [4.69, 9.17) is 0 Å². The van der Waals surface area contributed by atoms with Gasteiger partial charge in [0.15, 0.2) is 5.96 Å². The maximum absolute atomic E-state index is 12.1. The molecule has 1 amide bonds. The van der Waals surface area contributed by atoms with E-state index < -0.39 is 12.8 Å². The first-order chi connectivity index (χ1) is 13.9. The number of carbonyl (C=O) groups excluding carboxylic acids is 1. The molecule has 0 unspecified atom stereocenters. The average molecular weight is 542 g/mol. The molecule has 6 nitrogen and oxygen atoms in total. The lowest BCUT2D eigenvalue weighted by Crippen LogP contribution is -2.45. The molecule has 1 fully saturated rings. The largest absolute Gasteiger partial charge is 0.411 e. The van der Waals surface area contributed by atoms with Gasteiger partial charge in [-0.15, -0.1) is 24.0 Å². The lowest BCUT2D eigenvalue weighted by atomic mass is 9.95. The van der Waals surface area contributed by atoms with Crippen molar-refractivity contribution in [3.8, 4) is 0 Å². The summed E-state index contributed by atoms with van der Waals surface area (Å²) in [5.41, 5.74) is 1.60. The number of hydrogen-bond donors (Lipinski definition) is 3. The first kappa shape index (κ1) is 26.5. The van der Waals surface area contributed by atoms with Crippen molar-refractivity contribution in [3.05, 3.63) is 35.4 Å². The van der Waals surface area contributed by atoms with Gasteiger partial charge in [0.05, 0.1) is 13.2 Å². The minimum Gasteiger partial charge on any atom is -0.367 e. The molecule has 0 bridgehead atoms. The van der Waals surface area contributed by atoms with Crippen LogP contribution in [0.25, 0.3) is 0 Å². The van der Waals surface area contributed by atoms with Crippen LogP contribution in [0.1, 0.15) is 43.2 Å². The zero-order valence-electron chi connectivity index (χ0n) is 17.1. The Morgan fingerprint density at radius 1 is 1.10 bits per heavy atom. The van der Waals surface area contributed by atoms with Gasteiger partial charge in [0.1, 0.15) is 6.61 Å². The SMILES string of the molecule is CN=C(NCC(=O)NC1CCCCC1)NCc1ccc(COCC(F)(F)F)cc1.I. The maximum atomic E-state index is 12.1. The summed E-state index contributed by atoms with van der Waals surface area (Å²) >= 11 is 0. The smallest absolute Gasteiger partial charge is 0.367 e. The standard InChI is InChI=1S/C20H29F3N4O2.HI/c1-24-19(26-12-18(28)27-17-5-3-2-4-6-17)25-11-15-7-9-16(10-8-15)13-29-14-20(21,22)23;/h7-10,17H,2-6,11-14H2,1H3,(H,27,28)(H2,24,25,26);1H. The second-order valence-corrected chi connectivity index (χ2v) is 7.11. The van der Waals surface area contributed by atoms with Gasteiger partial charge < -0.3 is 20.7 Å². The van der Waals surface area contributed by atoms with Gasteiger partial charge in [-0.25, -0.2) is 0 Å². The molecule has 0 radical (unpaired) electrons. The Bertz CT molecular complexity index is 663. The summed E-state index contributed by atoms with van der Waals surface area (Å²) in [4.78, 5) is 16.1. The number of ether oxygens (including phenoxy) is 1. The molecule has 0 heterocycles. The maximum Gasteiger partial charge on any atom is 0.411 e. The lowest BCUT2D eigenvalue weighted by Gasteiger charge is -2.23. The summed E-state index contributed by atoms with van der Waals surface area (Å²) in [5.74, 6) is 0.449. The van der Waals surface area contributed by atoms with Crippen LogP contribution in [0.4, 0.5) is 13.2 Å². The van der Waals surface area contributed by atoms with Crippen molar-refractivity contribution < 1.29 is 22.7 Å². The topological polar surface area (TPSA) is 74.8 Å². The van der Waals surface area contributed by atoms with Gasteiger partial charge in [0.2, 0.25) is 5.91 Å². The van der Waals surface area contributed by atoms with Crippen LogP contribution in [-0.2, 0) is 22.7 Å². The highest BCUT2D eigenvalue weighted by Crippen LogP contribution is 2.17. The molecule has 1 aliphatic rings. The Labute approximate surface area is 192 Å². The fraction of sp³-hybridized carbons (Fsp3) is 0.600. The monoisotopic (exact) mass is 542 g/mol. The second-order valence-electron chi connectivity index (χ2n) is 7.11. The molecule has 0 saturated heterocycles. The highest BCUT2D eigenvalue weighted by molar-refractivity contribution is 14.0. The summed E-state index contributed by atoms with van der Waals surface area (Å²) in [6, 6.07) is 7.33. The highest BCUT2D eigenvalue weighted by Gasteiger charge is 2.27. The van der Waals surface area contributed by atoms with Gasteiger partial charge >= 0.3 is 6.18 Å².